The Morgan fingerprint density at radius 3 is 2.18 bits per heavy atom. The maximum atomic E-state index is 12.8. The molecule has 0 aliphatic heterocycles. The third kappa shape index (κ3) is 5.63. The fourth-order valence-electron chi connectivity index (χ4n) is 4.33. The number of amides is 1. The van der Waals surface area contributed by atoms with Crippen molar-refractivity contribution < 1.29 is 18.0 Å². The molecule has 33 heavy (non-hydrogen) atoms. The van der Waals surface area contributed by atoms with Crippen molar-refractivity contribution in [3.8, 4) is 11.1 Å². The Morgan fingerprint density at radius 2 is 1.58 bits per heavy atom. The number of hydrogen-bond donors (Lipinski definition) is 1. The van der Waals surface area contributed by atoms with Crippen LogP contribution in [0.15, 0.2) is 66.7 Å². The van der Waals surface area contributed by atoms with Gasteiger partial charge in [-0.05, 0) is 85.4 Å². The highest BCUT2D eigenvalue weighted by molar-refractivity contribution is 5.95. The molecule has 172 valence electrons. The molecule has 0 radical (unpaired) electrons. The highest BCUT2D eigenvalue weighted by Gasteiger charge is 2.30. The predicted octanol–water partition coefficient (Wildman–Crippen LogP) is 5.72. The first-order valence-electron chi connectivity index (χ1n) is 11.0. The lowest BCUT2D eigenvalue weighted by molar-refractivity contribution is -0.137. The van der Waals surface area contributed by atoms with Gasteiger partial charge >= 0.3 is 6.18 Å². The van der Waals surface area contributed by atoms with Gasteiger partial charge in [0.25, 0.3) is 5.91 Å². The molecule has 0 aromatic heterocycles. The van der Waals surface area contributed by atoms with Crippen molar-refractivity contribution in [3.05, 3.63) is 94.5 Å². The van der Waals surface area contributed by atoms with Gasteiger partial charge in [-0.3, -0.25) is 4.79 Å². The maximum Gasteiger partial charge on any atom is 0.416 e. The van der Waals surface area contributed by atoms with E-state index in [1.807, 2.05) is 0 Å². The third-order valence-corrected chi connectivity index (χ3v) is 6.03. The van der Waals surface area contributed by atoms with E-state index in [9.17, 15) is 18.0 Å². The van der Waals surface area contributed by atoms with Gasteiger partial charge in [0, 0.05) is 18.2 Å². The van der Waals surface area contributed by atoms with Gasteiger partial charge in [-0.1, -0.05) is 42.5 Å². The van der Waals surface area contributed by atoms with E-state index in [1.165, 1.54) is 28.8 Å². The number of carbonyl (C=O) groups excluding carboxylic acids is 1. The van der Waals surface area contributed by atoms with Crippen LogP contribution in [0.3, 0.4) is 0 Å². The Balaban J connectivity index is 1.38. The lowest BCUT2D eigenvalue weighted by Gasteiger charge is -2.26. The lowest BCUT2D eigenvalue weighted by atomic mass is 9.87. The Morgan fingerprint density at radius 1 is 0.939 bits per heavy atom. The first-order chi connectivity index (χ1) is 15.7. The molecule has 1 atom stereocenters. The molecule has 4 rings (SSSR count). The van der Waals surface area contributed by atoms with Crippen molar-refractivity contribution in [2.24, 2.45) is 0 Å². The molecule has 0 bridgehead atoms. The zero-order valence-corrected chi connectivity index (χ0v) is 18.7. The van der Waals surface area contributed by atoms with E-state index in [1.54, 1.807) is 24.3 Å². The normalized spacial score (nSPS) is 15.9. The quantitative estimate of drug-likeness (QED) is 0.537. The summed E-state index contributed by atoms with van der Waals surface area (Å²) >= 11 is 0. The summed E-state index contributed by atoms with van der Waals surface area (Å²) in [6, 6.07) is 18.7. The molecule has 6 heteroatoms. The highest BCUT2D eigenvalue weighted by atomic mass is 19.4. The minimum absolute atomic E-state index is 0.0827. The molecule has 1 aliphatic rings. The Kier molecular flexibility index (Phi) is 6.56. The van der Waals surface area contributed by atoms with E-state index in [0.29, 0.717) is 11.1 Å². The summed E-state index contributed by atoms with van der Waals surface area (Å²) in [7, 11) is 4.11. The van der Waals surface area contributed by atoms with Gasteiger partial charge in [0.2, 0.25) is 0 Å². The summed E-state index contributed by atoms with van der Waals surface area (Å²) in [5, 5.41) is 3.13. The van der Waals surface area contributed by atoms with Crippen molar-refractivity contribution in [2.75, 3.05) is 14.1 Å². The second-order valence-corrected chi connectivity index (χ2v) is 8.91. The van der Waals surface area contributed by atoms with Crippen molar-refractivity contribution in [1.29, 1.82) is 0 Å². The van der Waals surface area contributed by atoms with Crippen molar-refractivity contribution in [2.45, 2.75) is 38.0 Å². The molecule has 1 unspecified atom stereocenters. The monoisotopic (exact) mass is 452 g/mol. The van der Waals surface area contributed by atoms with Crippen LogP contribution in [0.2, 0.25) is 0 Å². The zero-order valence-electron chi connectivity index (χ0n) is 18.7. The third-order valence-electron chi connectivity index (χ3n) is 6.03. The van der Waals surface area contributed by atoms with Gasteiger partial charge in [-0.15, -0.1) is 0 Å². The summed E-state index contributed by atoms with van der Waals surface area (Å²) in [6.07, 6.45) is -1.70. The van der Waals surface area contributed by atoms with Gasteiger partial charge < -0.3 is 10.2 Å². The van der Waals surface area contributed by atoms with E-state index in [4.69, 9.17) is 0 Å². The number of nitrogens with one attached hydrogen (secondary N) is 1. The van der Waals surface area contributed by atoms with Crippen LogP contribution < -0.4 is 5.32 Å². The molecular weight excluding hydrogens is 425 g/mol. The van der Waals surface area contributed by atoms with Crippen LogP contribution in [-0.2, 0) is 25.6 Å². The first-order valence-corrected chi connectivity index (χ1v) is 11.0. The second-order valence-electron chi connectivity index (χ2n) is 8.91. The number of nitrogens with zero attached hydrogens (tertiary/aromatic N) is 1. The number of fused-ring (bicyclic) bond motifs is 1. The van der Waals surface area contributed by atoms with Crippen molar-refractivity contribution in [1.82, 2.24) is 10.2 Å². The number of carbonyl (C=O) groups is 1. The van der Waals surface area contributed by atoms with Crippen molar-refractivity contribution >= 4 is 5.91 Å². The molecule has 0 saturated heterocycles. The number of hydrogen-bond acceptors (Lipinski definition) is 2. The number of alkyl halides is 3. The molecule has 0 saturated carbocycles. The molecule has 0 spiro atoms. The van der Waals surface area contributed by atoms with E-state index in [2.05, 4.69) is 42.5 Å². The fourth-order valence-corrected chi connectivity index (χ4v) is 4.33. The van der Waals surface area contributed by atoms with Crippen LogP contribution in [0.1, 0.15) is 39.0 Å². The summed E-state index contributed by atoms with van der Waals surface area (Å²) in [5.74, 6) is -0.133. The number of aryl methyl sites for hydroxylation is 1. The van der Waals surface area contributed by atoms with Gasteiger partial charge in [0.05, 0.1) is 5.56 Å². The molecule has 3 nitrogen and oxygen atoms in total. The molecule has 0 heterocycles. The number of rotatable bonds is 5. The Labute approximate surface area is 192 Å². The highest BCUT2D eigenvalue weighted by Crippen LogP contribution is 2.31. The van der Waals surface area contributed by atoms with Gasteiger partial charge in [0.15, 0.2) is 0 Å². The standard InChI is InChI=1S/C27H27F3N2O/c1-32(2)17-18-3-4-23-16-25(14-11-22(23)15-18)31-26(33)21-7-5-19(6-8-21)20-9-12-24(13-10-20)27(28,29)30/h3-10,12-13,15,25H,11,14,16-17H2,1-2H3,(H,31,33). The molecule has 1 N–H and O–H groups in total. The van der Waals surface area contributed by atoms with E-state index in [0.717, 1.165) is 43.5 Å². The zero-order chi connectivity index (χ0) is 23.6. The molecule has 1 amide bonds. The van der Waals surface area contributed by atoms with Crippen LogP contribution in [0, 0.1) is 0 Å². The van der Waals surface area contributed by atoms with E-state index in [-0.39, 0.29) is 11.9 Å². The van der Waals surface area contributed by atoms with Gasteiger partial charge in [-0.25, -0.2) is 0 Å². The van der Waals surface area contributed by atoms with Crippen molar-refractivity contribution in [3.63, 3.8) is 0 Å². The van der Waals surface area contributed by atoms with E-state index >= 15 is 0 Å². The lowest BCUT2D eigenvalue weighted by Crippen LogP contribution is -2.38. The fraction of sp³-hybridized carbons (Fsp3) is 0.296. The first kappa shape index (κ1) is 23.1. The second kappa shape index (κ2) is 9.40. The molecular formula is C27H27F3N2O. The van der Waals surface area contributed by atoms with E-state index < -0.39 is 11.7 Å². The largest absolute Gasteiger partial charge is 0.416 e. The summed E-state index contributed by atoms with van der Waals surface area (Å²) in [6.45, 7) is 0.913. The Bertz CT molecular complexity index is 1120. The smallest absolute Gasteiger partial charge is 0.349 e. The SMILES string of the molecule is CN(C)Cc1ccc2c(c1)CCC(NC(=O)c1ccc(-c3ccc(C(F)(F)F)cc3)cc1)C2. The van der Waals surface area contributed by atoms with Gasteiger partial charge in [0.1, 0.15) is 0 Å². The van der Waals surface area contributed by atoms with Crippen LogP contribution in [0.5, 0.6) is 0 Å². The topological polar surface area (TPSA) is 32.3 Å². The van der Waals surface area contributed by atoms with Gasteiger partial charge in [-0.2, -0.15) is 13.2 Å². The molecule has 3 aromatic rings. The minimum atomic E-state index is -4.35. The van der Waals surface area contributed by atoms with Crippen LogP contribution in [-0.4, -0.2) is 30.9 Å². The Hall–Kier alpha value is -3.12. The molecule has 1 aliphatic carbocycles. The average Bonchev–Trinajstić information content (AvgIpc) is 2.78. The van der Waals surface area contributed by atoms with Crippen LogP contribution in [0.25, 0.3) is 11.1 Å². The number of halogens is 3. The summed E-state index contributed by atoms with van der Waals surface area (Å²) < 4.78 is 38.3. The van der Waals surface area contributed by atoms with Crippen LogP contribution in [0.4, 0.5) is 13.2 Å². The minimum Gasteiger partial charge on any atom is -0.349 e. The average molecular weight is 453 g/mol. The van der Waals surface area contributed by atoms with Crippen LogP contribution >= 0.6 is 0 Å². The summed E-state index contributed by atoms with van der Waals surface area (Å²) in [4.78, 5) is 14.9. The predicted molar refractivity (Wildman–Crippen MR) is 124 cm³/mol. The number of benzene rings is 3. The molecule has 0 fully saturated rings. The summed E-state index contributed by atoms with van der Waals surface area (Å²) in [5.41, 5.74) is 5.25. The molecule has 3 aromatic carbocycles. The maximum absolute atomic E-state index is 12.8.